The maximum absolute atomic E-state index is 13.7. The first-order valence-corrected chi connectivity index (χ1v) is 13.5. The molecular formula is C31H32N2O7. The number of fused-ring (bicyclic) bond motifs is 3. The van der Waals surface area contributed by atoms with Crippen LogP contribution in [0.3, 0.4) is 0 Å². The molecule has 0 aliphatic heterocycles. The summed E-state index contributed by atoms with van der Waals surface area (Å²) in [5.41, 5.74) is 5.68. The van der Waals surface area contributed by atoms with Gasteiger partial charge in [-0.15, -0.1) is 0 Å². The number of nitrogens with one attached hydrogen (secondary N) is 1. The summed E-state index contributed by atoms with van der Waals surface area (Å²) < 4.78 is 0. The molecule has 2 aromatic carbocycles. The standard InChI is InChI=1S/C31H32N2O7/c1-3-4-5-23(35)33-19-8-6-16(7-9-19)20-10-11-22(34)26-21(20)14-17-13-18-12-15(2)24(30(32)39)28(37)31(18,40)29(38)25(17)27(26)36/h6-11,17-18,34,36,40H,3-5,12-14H2,1-2H3,(H2,32,39)(H,33,35)/t17-,18-,31-/m1/s1. The number of allylic oxidation sites excluding steroid dienone is 1. The number of phenols is 1. The Morgan fingerprint density at radius 1 is 1.05 bits per heavy atom. The van der Waals surface area contributed by atoms with Crippen LogP contribution in [0.2, 0.25) is 0 Å². The van der Waals surface area contributed by atoms with Gasteiger partial charge in [-0.1, -0.05) is 37.1 Å². The van der Waals surface area contributed by atoms with Gasteiger partial charge in [-0.3, -0.25) is 19.2 Å². The number of rotatable bonds is 6. The van der Waals surface area contributed by atoms with Crippen LogP contribution in [0.15, 0.2) is 53.1 Å². The average molecular weight is 545 g/mol. The second kappa shape index (κ2) is 10.1. The fourth-order valence-electron chi connectivity index (χ4n) is 6.45. The van der Waals surface area contributed by atoms with Crippen molar-refractivity contribution in [3.8, 4) is 16.9 Å². The molecule has 1 saturated carbocycles. The summed E-state index contributed by atoms with van der Waals surface area (Å²) in [6, 6.07) is 10.4. The Morgan fingerprint density at radius 2 is 1.75 bits per heavy atom. The number of amides is 2. The van der Waals surface area contributed by atoms with Gasteiger partial charge in [0.2, 0.25) is 17.5 Å². The molecule has 2 amide bonds. The smallest absolute Gasteiger partial charge is 0.252 e. The molecule has 0 heterocycles. The number of anilines is 1. The Morgan fingerprint density at radius 3 is 2.40 bits per heavy atom. The van der Waals surface area contributed by atoms with Gasteiger partial charge >= 0.3 is 0 Å². The molecule has 2 aromatic rings. The minimum Gasteiger partial charge on any atom is -0.507 e. The fraction of sp³-hybridized carbons (Fsp3) is 0.355. The fourth-order valence-corrected chi connectivity index (χ4v) is 6.45. The highest BCUT2D eigenvalue weighted by Crippen LogP contribution is 2.52. The topological polar surface area (TPSA) is 167 Å². The van der Waals surface area contributed by atoms with Crippen molar-refractivity contribution >= 4 is 34.8 Å². The number of unbranched alkanes of at least 4 members (excludes halogenated alkanes) is 1. The van der Waals surface area contributed by atoms with Crippen LogP contribution in [-0.4, -0.2) is 44.3 Å². The first kappa shape index (κ1) is 27.3. The van der Waals surface area contributed by atoms with Crippen LogP contribution in [0, 0.1) is 11.8 Å². The zero-order valence-corrected chi connectivity index (χ0v) is 22.4. The first-order valence-electron chi connectivity index (χ1n) is 13.5. The van der Waals surface area contributed by atoms with Crippen molar-refractivity contribution in [2.45, 2.75) is 58.0 Å². The molecule has 5 rings (SSSR count). The van der Waals surface area contributed by atoms with E-state index >= 15 is 0 Å². The summed E-state index contributed by atoms with van der Waals surface area (Å²) in [4.78, 5) is 51.0. The van der Waals surface area contributed by atoms with Crippen LogP contribution in [-0.2, 0) is 25.6 Å². The van der Waals surface area contributed by atoms with Crippen LogP contribution in [0.5, 0.6) is 5.75 Å². The largest absolute Gasteiger partial charge is 0.507 e. The zero-order valence-electron chi connectivity index (χ0n) is 22.4. The Labute approximate surface area is 231 Å². The molecule has 0 bridgehead atoms. The Bertz CT molecular complexity index is 1520. The number of carbonyl (C=O) groups is 4. The number of nitrogens with two attached hydrogens (primary N) is 1. The number of aliphatic hydroxyl groups excluding tert-OH is 1. The number of hydrogen-bond acceptors (Lipinski definition) is 7. The van der Waals surface area contributed by atoms with Crippen LogP contribution in [0.1, 0.15) is 57.1 Å². The summed E-state index contributed by atoms with van der Waals surface area (Å²) in [6.07, 6.45) is 2.82. The third-order valence-corrected chi connectivity index (χ3v) is 8.43. The number of phenolic OH excluding ortho intramolecular Hbond substituents is 1. The molecule has 3 aliphatic carbocycles. The Hall–Kier alpha value is -4.24. The molecule has 9 nitrogen and oxygen atoms in total. The number of carbonyl (C=O) groups excluding carboxylic acids is 4. The predicted octanol–water partition coefficient (Wildman–Crippen LogP) is 3.72. The van der Waals surface area contributed by atoms with Crippen molar-refractivity contribution in [2.75, 3.05) is 5.32 Å². The van der Waals surface area contributed by atoms with Gasteiger partial charge in [0.05, 0.1) is 11.1 Å². The number of aliphatic hydroxyl groups is 2. The molecule has 208 valence electrons. The van der Waals surface area contributed by atoms with Crippen molar-refractivity contribution in [1.82, 2.24) is 0 Å². The lowest BCUT2D eigenvalue weighted by atomic mass is 9.57. The van der Waals surface area contributed by atoms with Gasteiger partial charge in [0.15, 0.2) is 5.60 Å². The molecule has 0 spiro atoms. The number of hydrogen-bond donors (Lipinski definition) is 5. The van der Waals surface area contributed by atoms with Crippen LogP contribution in [0.25, 0.3) is 16.9 Å². The highest BCUT2D eigenvalue weighted by atomic mass is 16.3. The number of primary amides is 1. The van der Waals surface area contributed by atoms with E-state index in [0.717, 1.165) is 24.0 Å². The van der Waals surface area contributed by atoms with E-state index in [1.54, 1.807) is 25.1 Å². The van der Waals surface area contributed by atoms with Crippen LogP contribution in [0.4, 0.5) is 5.69 Å². The Kier molecular flexibility index (Phi) is 6.87. The molecule has 6 N–H and O–H groups in total. The van der Waals surface area contributed by atoms with E-state index in [9.17, 15) is 34.5 Å². The number of ketones is 2. The van der Waals surface area contributed by atoms with E-state index < -0.39 is 40.7 Å². The minimum atomic E-state index is -2.51. The van der Waals surface area contributed by atoms with E-state index in [1.807, 2.05) is 19.1 Å². The first-order chi connectivity index (χ1) is 19.0. The molecule has 1 fully saturated rings. The molecule has 3 atom stereocenters. The Balaban J connectivity index is 1.53. The molecule has 40 heavy (non-hydrogen) atoms. The van der Waals surface area contributed by atoms with E-state index in [4.69, 9.17) is 5.73 Å². The van der Waals surface area contributed by atoms with Gasteiger partial charge in [-0.25, -0.2) is 0 Å². The van der Waals surface area contributed by atoms with Crippen molar-refractivity contribution in [3.05, 3.63) is 64.2 Å². The van der Waals surface area contributed by atoms with Crippen LogP contribution < -0.4 is 11.1 Å². The molecule has 0 saturated heterocycles. The van der Waals surface area contributed by atoms with Gasteiger partial charge in [0.1, 0.15) is 11.5 Å². The second-order valence-corrected chi connectivity index (χ2v) is 11.0. The maximum atomic E-state index is 13.7. The third-order valence-electron chi connectivity index (χ3n) is 8.43. The number of Topliss-reactive ketones (excluding diaryl/α,β-unsaturated/α-hetero) is 2. The lowest BCUT2D eigenvalue weighted by Gasteiger charge is -2.46. The van der Waals surface area contributed by atoms with E-state index in [2.05, 4.69) is 5.32 Å². The lowest BCUT2D eigenvalue weighted by molar-refractivity contribution is -0.157. The molecule has 3 aliphatic rings. The van der Waals surface area contributed by atoms with Gasteiger partial charge in [-0.05, 0) is 73.4 Å². The quantitative estimate of drug-likeness (QED) is 0.273. The molecule has 9 heteroatoms. The molecule has 0 aromatic heterocycles. The summed E-state index contributed by atoms with van der Waals surface area (Å²) >= 11 is 0. The van der Waals surface area contributed by atoms with E-state index in [-0.39, 0.29) is 47.6 Å². The third kappa shape index (κ3) is 4.21. The van der Waals surface area contributed by atoms with E-state index in [0.29, 0.717) is 23.2 Å². The lowest BCUT2D eigenvalue weighted by Crippen LogP contribution is -2.61. The molecular weight excluding hydrogens is 512 g/mol. The zero-order chi connectivity index (χ0) is 28.9. The summed E-state index contributed by atoms with van der Waals surface area (Å²) in [6.45, 7) is 3.61. The highest BCUT2D eigenvalue weighted by Gasteiger charge is 2.61. The highest BCUT2D eigenvalue weighted by molar-refractivity contribution is 6.32. The van der Waals surface area contributed by atoms with Crippen molar-refractivity contribution in [3.63, 3.8) is 0 Å². The predicted molar refractivity (Wildman–Crippen MR) is 148 cm³/mol. The number of aromatic hydroxyl groups is 1. The van der Waals surface area contributed by atoms with Crippen LogP contribution >= 0.6 is 0 Å². The minimum absolute atomic E-state index is 0.0599. The van der Waals surface area contributed by atoms with E-state index in [1.165, 1.54) is 6.07 Å². The summed E-state index contributed by atoms with van der Waals surface area (Å²) in [7, 11) is 0. The SMILES string of the molecule is CCCCC(=O)Nc1ccc(-c2ccc(O)c3c2C[C@H]2C[C@H]4CC(C)=C(C(N)=O)C(=O)[C@@]4(O)C(=O)C2=C3O)cc1. The van der Waals surface area contributed by atoms with Crippen molar-refractivity contribution < 1.29 is 34.5 Å². The van der Waals surface area contributed by atoms with Crippen molar-refractivity contribution in [1.29, 1.82) is 0 Å². The normalized spacial score (nSPS) is 23.9. The van der Waals surface area contributed by atoms with Gasteiger partial charge in [0, 0.05) is 23.6 Å². The van der Waals surface area contributed by atoms with Gasteiger partial charge < -0.3 is 26.4 Å². The number of benzene rings is 2. The second-order valence-electron chi connectivity index (χ2n) is 11.0. The summed E-state index contributed by atoms with van der Waals surface area (Å²) in [5, 5.41) is 36.4. The monoisotopic (exact) mass is 544 g/mol. The average Bonchev–Trinajstić information content (AvgIpc) is 2.90. The molecule has 0 unspecified atom stereocenters. The maximum Gasteiger partial charge on any atom is 0.252 e. The van der Waals surface area contributed by atoms with Gasteiger partial charge in [0.25, 0.3) is 5.91 Å². The van der Waals surface area contributed by atoms with Crippen molar-refractivity contribution in [2.24, 2.45) is 17.6 Å². The molecule has 0 radical (unpaired) electrons. The summed E-state index contributed by atoms with van der Waals surface area (Å²) in [5.74, 6) is -5.09. The van der Waals surface area contributed by atoms with Gasteiger partial charge in [-0.2, -0.15) is 0 Å².